The Balaban J connectivity index is 2.57. The van der Waals surface area contributed by atoms with Crippen LogP contribution in [0.1, 0.15) is 33.5 Å². The Hall–Kier alpha value is -3.11. The van der Waals surface area contributed by atoms with Crippen LogP contribution in [0.25, 0.3) is 11.5 Å². The van der Waals surface area contributed by atoms with E-state index < -0.39 is 52.8 Å². The lowest BCUT2D eigenvalue weighted by Gasteiger charge is -2.19. The molecule has 1 atom stereocenters. The zero-order valence-electron chi connectivity index (χ0n) is 14.2. The highest BCUT2D eigenvalue weighted by molar-refractivity contribution is 5.92. The third-order valence-electron chi connectivity index (χ3n) is 3.47. The van der Waals surface area contributed by atoms with Crippen molar-refractivity contribution in [2.24, 2.45) is 0 Å². The number of carbonyl (C=O) groups is 2. The molecule has 0 aliphatic carbocycles. The Morgan fingerprint density at radius 3 is 2.44 bits per heavy atom. The number of oxazole rings is 1. The van der Waals surface area contributed by atoms with Gasteiger partial charge in [-0.15, -0.1) is 0 Å². The van der Waals surface area contributed by atoms with E-state index in [-0.39, 0.29) is 11.5 Å². The summed E-state index contributed by atoms with van der Waals surface area (Å²) in [6, 6.07) is 1.20. The first-order valence-corrected chi connectivity index (χ1v) is 7.32. The van der Waals surface area contributed by atoms with Gasteiger partial charge >= 0.3 is 18.1 Å². The van der Waals surface area contributed by atoms with Gasteiger partial charge in [0.2, 0.25) is 5.89 Å². The Bertz CT molecular complexity index is 890. The molecule has 1 N–H and O–H groups in total. The molecule has 1 aromatic carbocycles. The van der Waals surface area contributed by atoms with E-state index in [1.807, 2.05) is 0 Å². The number of alkyl halides is 3. The zero-order valence-corrected chi connectivity index (χ0v) is 14.2. The van der Waals surface area contributed by atoms with Crippen LogP contribution in [0.4, 0.5) is 17.6 Å². The maximum atomic E-state index is 14.3. The quantitative estimate of drug-likeness (QED) is 0.614. The Kier molecular flexibility index (Phi) is 5.43. The van der Waals surface area contributed by atoms with Crippen molar-refractivity contribution >= 4 is 11.9 Å². The molecule has 0 radical (unpaired) electrons. The van der Waals surface area contributed by atoms with Crippen LogP contribution < -0.4 is 4.74 Å². The smallest absolute Gasteiger partial charge is 0.425 e. The number of aryl methyl sites for hydroxylation is 1. The van der Waals surface area contributed by atoms with Crippen molar-refractivity contribution in [1.82, 2.24) is 4.98 Å². The van der Waals surface area contributed by atoms with Crippen LogP contribution in [0.2, 0.25) is 0 Å². The van der Waals surface area contributed by atoms with Crippen molar-refractivity contribution in [3.8, 4) is 17.2 Å². The summed E-state index contributed by atoms with van der Waals surface area (Å²) < 4.78 is 66.8. The van der Waals surface area contributed by atoms with Crippen molar-refractivity contribution in [3.05, 3.63) is 35.0 Å². The van der Waals surface area contributed by atoms with E-state index in [4.69, 9.17) is 9.52 Å². The van der Waals surface area contributed by atoms with Gasteiger partial charge in [-0.25, -0.2) is 19.0 Å². The second-order valence-corrected chi connectivity index (χ2v) is 5.35. The molecule has 1 aromatic heterocycles. The molecule has 2 aromatic rings. The number of benzene rings is 1. The number of hydrogen-bond donors (Lipinski definition) is 1. The van der Waals surface area contributed by atoms with Gasteiger partial charge in [-0.2, -0.15) is 13.2 Å². The predicted octanol–water partition coefficient (Wildman–Crippen LogP) is 3.60. The number of hydrogen-bond acceptors (Lipinski definition) is 6. The van der Waals surface area contributed by atoms with Crippen LogP contribution in [0, 0.1) is 12.7 Å². The van der Waals surface area contributed by atoms with E-state index in [1.54, 1.807) is 0 Å². The highest BCUT2D eigenvalue weighted by Crippen LogP contribution is 2.34. The molecular formula is C16H13F4NO6. The summed E-state index contributed by atoms with van der Waals surface area (Å²) in [5, 5.41) is 9.09. The fourth-order valence-corrected chi connectivity index (χ4v) is 2.04. The lowest BCUT2D eigenvalue weighted by molar-refractivity contribution is -0.189. The number of carbonyl (C=O) groups excluding carboxylic acids is 1. The van der Waals surface area contributed by atoms with Crippen LogP contribution >= 0.6 is 0 Å². The molecular weight excluding hydrogens is 378 g/mol. The third kappa shape index (κ3) is 4.18. The van der Waals surface area contributed by atoms with Gasteiger partial charge in [-0.05, 0) is 26.0 Å². The number of halogens is 4. The number of ether oxygens (including phenoxy) is 2. The van der Waals surface area contributed by atoms with Crippen molar-refractivity contribution in [3.63, 3.8) is 0 Å². The molecule has 1 heterocycles. The summed E-state index contributed by atoms with van der Waals surface area (Å²) in [5.41, 5.74) is -1.56. The number of aromatic carboxylic acids is 1. The maximum Gasteiger partial charge on any atom is 0.425 e. The van der Waals surface area contributed by atoms with Crippen molar-refractivity contribution < 1.29 is 46.1 Å². The SMILES string of the molecule is COC(=O)c1nc(-c2cc(OC(C)C(F)(F)F)c(C(=O)O)cc2F)oc1C. The summed E-state index contributed by atoms with van der Waals surface area (Å²) in [5.74, 6) is -4.91. The molecule has 2 rings (SSSR count). The number of aromatic nitrogens is 1. The molecule has 146 valence electrons. The second-order valence-electron chi connectivity index (χ2n) is 5.35. The molecule has 7 nitrogen and oxygen atoms in total. The van der Waals surface area contributed by atoms with Gasteiger partial charge in [0, 0.05) is 0 Å². The zero-order chi connectivity index (χ0) is 20.5. The first-order chi connectivity index (χ1) is 12.5. The van der Waals surface area contributed by atoms with Crippen molar-refractivity contribution in [2.75, 3.05) is 7.11 Å². The molecule has 0 fully saturated rings. The Morgan fingerprint density at radius 2 is 1.93 bits per heavy atom. The van der Waals surface area contributed by atoms with E-state index >= 15 is 0 Å². The highest BCUT2D eigenvalue weighted by Gasteiger charge is 2.39. The average molecular weight is 391 g/mol. The van der Waals surface area contributed by atoms with Gasteiger partial charge in [0.1, 0.15) is 22.9 Å². The number of carboxylic acids is 1. The lowest BCUT2D eigenvalue weighted by atomic mass is 10.1. The minimum atomic E-state index is -4.78. The second kappa shape index (κ2) is 7.25. The molecule has 0 bridgehead atoms. The van der Waals surface area contributed by atoms with Gasteiger partial charge in [0.15, 0.2) is 11.8 Å². The van der Waals surface area contributed by atoms with E-state index in [1.165, 1.54) is 6.92 Å². The average Bonchev–Trinajstić information content (AvgIpc) is 2.95. The lowest BCUT2D eigenvalue weighted by Crippen LogP contribution is -2.31. The van der Waals surface area contributed by atoms with Crippen LogP contribution in [0.5, 0.6) is 5.75 Å². The van der Waals surface area contributed by atoms with Crippen LogP contribution in [-0.4, -0.2) is 41.4 Å². The van der Waals surface area contributed by atoms with Crippen LogP contribution in [0.3, 0.4) is 0 Å². The van der Waals surface area contributed by atoms with E-state index in [2.05, 4.69) is 14.5 Å². The molecule has 1 unspecified atom stereocenters. The van der Waals surface area contributed by atoms with E-state index in [9.17, 15) is 27.2 Å². The third-order valence-corrected chi connectivity index (χ3v) is 3.47. The minimum absolute atomic E-state index is 0.0234. The van der Waals surface area contributed by atoms with Crippen molar-refractivity contribution in [2.45, 2.75) is 26.1 Å². The topological polar surface area (TPSA) is 98.9 Å². The normalized spacial score (nSPS) is 12.6. The number of carboxylic acid groups (broad SMARTS) is 1. The summed E-state index contributed by atoms with van der Waals surface area (Å²) >= 11 is 0. The summed E-state index contributed by atoms with van der Waals surface area (Å²) in [4.78, 5) is 26.5. The number of esters is 1. The molecule has 0 aliphatic rings. The summed E-state index contributed by atoms with van der Waals surface area (Å²) in [7, 11) is 1.09. The first-order valence-electron chi connectivity index (χ1n) is 7.32. The maximum absolute atomic E-state index is 14.3. The number of methoxy groups -OCH3 is 1. The van der Waals surface area contributed by atoms with Crippen LogP contribution in [-0.2, 0) is 4.74 Å². The first kappa shape index (κ1) is 20.2. The predicted molar refractivity (Wildman–Crippen MR) is 81.1 cm³/mol. The van der Waals surface area contributed by atoms with Gasteiger partial charge in [0.05, 0.1) is 12.7 Å². The largest absolute Gasteiger partial charge is 0.480 e. The Labute approximate surface area is 149 Å². The monoisotopic (exact) mass is 391 g/mol. The van der Waals surface area contributed by atoms with Gasteiger partial charge in [-0.1, -0.05) is 0 Å². The summed E-state index contributed by atoms with van der Waals surface area (Å²) in [6.45, 7) is 2.01. The molecule has 0 saturated heterocycles. The fourth-order valence-electron chi connectivity index (χ4n) is 2.04. The molecule has 0 saturated carbocycles. The fraction of sp³-hybridized carbons (Fsp3) is 0.312. The number of nitrogens with zero attached hydrogens (tertiary/aromatic N) is 1. The van der Waals surface area contributed by atoms with Crippen molar-refractivity contribution in [1.29, 1.82) is 0 Å². The number of rotatable bonds is 5. The van der Waals surface area contributed by atoms with E-state index in [0.717, 1.165) is 7.11 Å². The molecule has 0 amide bonds. The van der Waals surface area contributed by atoms with Gasteiger partial charge < -0.3 is 19.0 Å². The molecule has 11 heteroatoms. The molecule has 0 spiro atoms. The Morgan fingerprint density at radius 1 is 1.30 bits per heavy atom. The minimum Gasteiger partial charge on any atom is -0.480 e. The summed E-state index contributed by atoms with van der Waals surface area (Å²) in [6.07, 6.45) is -7.13. The standard InChI is InChI=1S/C16H13F4NO6/c1-6-12(15(24)25-3)21-13(26-6)8-5-11(27-7(2)16(18,19)20)9(14(22)23)4-10(8)17/h4-5,7H,1-3H3,(H,22,23). The van der Waals surface area contributed by atoms with Crippen LogP contribution in [0.15, 0.2) is 16.5 Å². The molecule has 0 aliphatic heterocycles. The van der Waals surface area contributed by atoms with E-state index in [0.29, 0.717) is 19.1 Å². The van der Waals surface area contributed by atoms with Gasteiger partial charge in [0.25, 0.3) is 0 Å². The molecule has 27 heavy (non-hydrogen) atoms. The van der Waals surface area contributed by atoms with Gasteiger partial charge in [-0.3, -0.25) is 0 Å². The highest BCUT2D eigenvalue weighted by atomic mass is 19.4.